The van der Waals surface area contributed by atoms with Gasteiger partial charge in [-0.25, -0.2) is 0 Å². The maximum Gasteiger partial charge on any atom is 0.288 e. The Labute approximate surface area is 169 Å². The Bertz CT molecular complexity index is 1020. The number of aryl methyl sites for hydroxylation is 2. The van der Waals surface area contributed by atoms with Crippen LogP contribution in [0.25, 0.3) is 11.5 Å². The van der Waals surface area contributed by atoms with Gasteiger partial charge in [-0.05, 0) is 43.2 Å². The highest BCUT2D eigenvalue weighted by Crippen LogP contribution is 2.26. The van der Waals surface area contributed by atoms with E-state index in [1.54, 1.807) is 16.7 Å². The summed E-state index contributed by atoms with van der Waals surface area (Å²) in [6.45, 7) is 4.04. The summed E-state index contributed by atoms with van der Waals surface area (Å²) in [4.78, 5) is 0.400. The van der Waals surface area contributed by atoms with Gasteiger partial charge in [-0.2, -0.15) is 4.57 Å². The standard InChI is InChI=1S/C22H19ClN2OS/c1-15-10-11-16(2)19(14-15)24-22(27)20(25-12-6-3-7-13-25)21(26)17-8-4-5-9-18(17)23/h3-14H,1-2H3,(H-,24,26,27)/p+1. The van der Waals surface area contributed by atoms with Gasteiger partial charge in [-0.1, -0.05) is 54.2 Å². The van der Waals surface area contributed by atoms with Gasteiger partial charge in [0.15, 0.2) is 17.4 Å². The van der Waals surface area contributed by atoms with Crippen LogP contribution >= 0.6 is 23.8 Å². The predicted octanol–water partition coefficient (Wildman–Crippen LogP) is 5.57. The quantitative estimate of drug-likeness (QED) is 0.262. The number of aliphatic hydroxyl groups is 1. The van der Waals surface area contributed by atoms with Crippen LogP contribution in [-0.2, 0) is 0 Å². The second kappa shape index (κ2) is 8.33. The SMILES string of the molecule is Cc1ccc(C)c(NC(=S)C(=C(O)c2ccccc2Cl)[n+]2ccccc2)c1. The van der Waals surface area contributed by atoms with E-state index in [9.17, 15) is 5.11 Å². The fourth-order valence-electron chi connectivity index (χ4n) is 2.73. The van der Waals surface area contributed by atoms with Crippen LogP contribution in [0.1, 0.15) is 16.7 Å². The average molecular weight is 396 g/mol. The van der Waals surface area contributed by atoms with E-state index in [-0.39, 0.29) is 5.76 Å². The number of pyridine rings is 1. The van der Waals surface area contributed by atoms with Crippen LogP contribution in [0, 0.1) is 13.8 Å². The summed E-state index contributed by atoms with van der Waals surface area (Å²) in [5.41, 5.74) is 4.08. The van der Waals surface area contributed by atoms with Crippen LogP contribution in [0.4, 0.5) is 5.69 Å². The van der Waals surface area contributed by atoms with Crippen LogP contribution in [0.2, 0.25) is 5.02 Å². The first-order valence-corrected chi connectivity index (χ1v) is 9.29. The molecule has 0 spiro atoms. The average Bonchev–Trinajstić information content (AvgIpc) is 2.66. The van der Waals surface area contributed by atoms with Crippen molar-refractivity contribution in [3.8, 4) is 0 Å². The summed E-state index contributed by atoms with van der Waals surface area (Å²) in [7, 11) is 0. The van der Waals surface area contributed by atoms with Crippen molar-refractivity contribution in [3.63, 3.8) is 0 Å². The van der Waals surface area contributed by atoms with Gasteiger partial charge in [-0.3, -0.25) is 0 Å². The summed E-state index contributed by atoms with van der Waals surface area (Å²) in [6, 6.07) is 18.9. The molecule has 2 N–H and O–H groups in total. The molecule has 136 valence electrons. The molecule has 0 saturated carbocycles. The van der Waals surface area contributed by atoms with Gasteiger partial charge in [0.25, 0.3) is 5.70 Å². The number of halogens is 1. The van der Waals surface area contributed by atoms with Crippen molar-refractivity contribution < 1.29 is 9.67 Å². The maximum absolute atomic E-state index is 11.0. The summed E-state index contributed by atoms with van der Waals surface area (Å²) >= 11 is 12.0. The topological polar surface area (TPSA) is 36.1 Å². The van der Waals surface area contributed by atoms with Gasteiger partial charge in [0, 0.05) is 23.4 Å². The Kier molecular flexibility index (Phi) is 5.89. The molecule has 0 radical (unpaired) electrons. The van der Waals surface area contributed by atoms with E-state index in [2.05, 4.69) is 5.32 Å². The molecule has 0 bridgehead atoms. The van der Waals surface area contributed by atoms with Gasteiger partial charge in [0.05, 0.1) is 5.02 Å². The molecule has 1 aromatic heterocycles. The molecular weight excluding hydrogens is 376 g/mol. The van der Waals surface area contributed by atoms with Crippen LogP contribution in [0.15, 0.2) is 73.1 Å². The van der Waals surface area contributed by atoms with E-state index in [1.807, 2.05) is 74.8 Å². The van der Waals surface area contributed by atoms with Gasteiger partial charge in [-0.15, -0.1) is 0 Å². The molecule has 27 heavy (non-hydrogen) atoms. The number of nitrogens with zero attached hydrogens (tertiary/aromatic N) is 1. The van der Waals surface area contributed by atoms with Crippen molar-refractivity contribution in [2.75, 3.05) is 5.32 Å². The van der Waals surface area contributed by atoms with Crippen molar-refractivity contribution in [2.24, 2.45) is 0 Å². The third-order valence-electron chi connectivity index (χ3n) is 4.18. The fraction of sp³-hybridized carbons (Fsp3) is 0.0909. The number of nitrogens with one attached hydrogen (secondary N) is 1. The molecule has 0 amide bonds. The maximum atomic E-state index is 11.0. The number of hydrogen-bond acceptors (Lipinski definition) is 2. The zero-order valence-electron chi connectivity index (χ0n) is 15.1. The normalized spacial score (nSPS) is 11.7. The molecule has 0 atom stereocenters. The smallest absolute Gasteiger partial charge is 0.288 e. The number of aromatic nitrogens is 1. The van der Waals surface area contributed by atoms with Crippen molar-refractivity contribution in [1.82, 2.24) is 0 Å². The highest BCUT2D eigenvalue weighted by atomic mass is 35.5. The van der Waals surface area contributed by atoms with Gasteiger partial charge in [0.2, 0.25) is 5.76 Å². The number of hydrogen-bond donors (Lipinski definition) is 2. The first kappa shape index (κ1) is 19.1. The van der Waals surface area contributed by atoms with Crippen LogP contribution < -0.4 is 9.88 Å². The summed E-state index contributed by atoms with van der Waals surface area (Å²) in [5, 5.41) is 14.8. The van der Waals surface area contributed by atoms with E-state index in [0.717, 1.165) is 16.8 Å². The Hall–Kier alpha value is -2.69. The van der Waals surface area contributed by atoms with Gasteiger partial charge < -0.3 is 10.4 Å². The number of rotatable bonds is 4. The molecule has 3 nitrogen and oxygen atoms in total. The molecule has 0 unspecified atom stereocenters. The third kappa shape index (κ3) is 4.35. The van der Waals surface area contributed by atoms with Crippen LogP contribution in [0.5, 0.6) is 0 Å². The van der Waals surface area contributed by atoms with E-state index in [0.29, 0.717) is 21.3 Å². The molecule has 0 saturated heterocycles. The van der Waals surface area contributed by atoms with Crippen molar-refractivity contribution in [3.05, 3.63) is 94.8 Å². The first-order chi connectivity index (χ1) is 13.0. The van der Waals surface area contributed by atoms with Crippen LogP contribution in [0.3, 0.4) is 0 Å². The molecule has 5 heteroatoms. The molecule has 3 aromatic rings. The molecule has 1 heterocycles. The minimum atomic E-state index is 0.0135. The minimum absolute atomic E-state index is 0.0135. The molecule has 0 aliphatic heterocycles. The van der Waals surface area contributed by atoms with E-state index in [1.165, 1.54) is 0 Å². The Morgan fingerprint density at radius 1 is 1.00 bits per heavy atom. The Balaban J connectivity index is 2.11. The largest absolute Gasteiger partial charge is 0.502 e. The Morgan fingerprint density at radius 2 is 1.70 bits per heavy atom. The third-order valence-corrected chi connectivity index (χ3v) is 4.81. The van der Waals surface area contributed by atoms with E-state index >= 15 is 0 Å². The fourth-order valence-corrected chi connectivity index (χ4v) is 3.26. The lowest BCUT2D eigenvalue weighted by Gasteiger charge is -2.13. The molecule has 0 aliphatic rings. The molecule has 0 aliphatic carbocycles. The monoisotopic (exact) mass is 395 g/mol. The van der Waals surface area contributed by atoms with Gasteiger partial charge >= 0.3 is 0 Å². The Morgan fingerprint density at radius 3 is 2.41 bits per heavy atom. The summed E-state index contributed by atoms with van der Waals surface area (Å²) in [5.74, 6) is 0.0135. The molecule has 3 rings (SSSR count). The van der Waals surface area contributed by atoms with E-state index < -0.39 is 0 Å². The number of benzene rings is 2. The summed E-state index contributed by atoms with van der Waals surface area (Å²) < 4.78 is 1.78. The second-order valence-corrected chi connectivity index (χ2v) is 7.05. The zero-order chi connectivity index (χ0) is 19.4. The number of thiocarbonyl (C=S) groups is 1. The van der Waals surface area contributed by atoms with Crippen molar-refractivity contribution in [1.29, 1.82) is 0 Å². The minimum Gasteiger partial charge on any atom is -0.502 e. The van der Waals surface area contributed by atoms with Crippen LogP contribution in [-0.4, -0.2) is 10.1 Å². The lowest BCUT2D eigenvalue weighted by molar-refractivity contribution is -0.575. The van der Waals surface area contributed by atoms with Crippen molar-refractivity contribution >= 4 is 46.0 Å². The number of anilines is 1. The van der Waals surface area contributed by atoms with Crippen molar-refractivity contribution in [2.45, 2.75) is 13.8 Å². The first-order valence-electron chi connectivity index (χ1n) is 8.51. The lowest BCUT2D eigenvalue weighted by Crippen LogP contribution is -2.38. The summed E-state index contributed by atoms with van der Waals surface area (Å²) in [6.07, 6.45) is 3.67. The molecule has 2 aromatic carbocycles. The molecule has 0 fully saturated rings. The zero-order valence-corrected chi connectivity index (χ0v) is 16.7. The lowest BCUT2D eigenvalue weighted by atomic mass is 10.1. The second-order valence-electron chi connectivity index (χ2n) is 6.23. The number of aliphatic hydroxyl groups excluding tert-OH is 1. The van der Waals surface area contributed by atoms with Gasteiger partial charge in [0.1, 0.15) is 0 Å². The predicted molar refractivity (Wildman–Crippen MR) is 116 cm³/mol. The highest BCUT2D eigenvalue weighted by molar-refractivity contribution is 7.81. The molecular formula is C22H20ClN2OS+. The highest BCUT2D eigenvalue weighted by Gasteiger charge is 2.25. The van der Waals surface area contributed by atoms with E-state index in [4.69, 9.17) is 23.8 Å².